The zero-order valence-corrected chi connectivity index (χ0v) is 15.6. The highest BCUT2D eigenvalue weighted by Crippen LogP contribution is 2.20. The van der Waals surface area contributed by atoms with E-state index in [0.717, 1.165) is 11.1 Å². The smallest absolute Gasteiger partial charge is 0.335 e. The Labute approximate surface area is 159 Å². The standard InChI is InChI=1S/C20H22NO5P/c22-20(23)17-9-5-4-8-15(17)11-16-13-26-18(12-21-16)19(27(24)25)10-14-6-2-1-3-7-14/h1-9,16,18,21H,10-13H2,(H,22,23)(H,24,25)/t16-,18+/m1/s1. The second-order valence-electron chi connectivity index (χ2n) is 6.52. The molecule has 1 unspecified atom stereocenters. The van der Waals surface area contributed by atoms with E-state index in [1.165, 1.54) is 0 Å². The van der Waals surface area contributed by atoms with Gasteiger partial charge in [0.15, 0.2) is 5.29 Å². The maximum absolute atomic E-state index is 11.8. The number of nitrogens with one attached hydrogen (secondary N) is 1. The van der Waals surface area contributed by atoms with E-state index < -0.39 is 20.1 Å². The third-order valence-corrected chi connectivity index (χ3v) is 5.59. The lowest BCUT2D eigenvalue weighted by atomic mass is 9.99. The molecule has 2 aromatic rings. The Bertz CT molecular complexity index is 812. The van der Waals surface area contributed by atoms with Gasteiger partial charge in [-0.05, 0) is 23.6 Å². The van der Waals surface area contributed by atoms with Crippen LogP contribution in [-0.4, -0.2) is 46.6 Å². The van der Waals surface area contributed by atoms with Crippen LogP contribution in [0.4, 0.5) is 0 Å². The van der Waals surface area contributed by atoms with E-state index in [0.29, 0.717) is 31.3 Å². The lowest BCUT2D eigenvalue weighted by Gasteiger charge is -2.30. The van der Waals surface area contributed by atoms with Crippen molar-refractivity contribution in [2.24, 2.45) is 0 Å². The molecule has 0 saturated carbocycles. The summed E-state index contributed by atoms with van der Waals surface area (Å²) in [4.78, 5) is 32.9. The molecule has 142 valence electrons. The van der Waals surface area contributed by atoms with Gasteiger partial charge in [-0.25, -0.2) is 4.79 Å². The minimum absolute atomic E-state index is 0.0451. The van der Waals surface area contributed by atoms with Crippen LogP contribution in [-0.2, 0) is 17.6 Å². The second-order valence-corrected chi connectivity index (χ2v) is 7.64. The summed E-state index contributed by atoms with van der Waals surface area (Å²) < 4.78 is 5.87. The van der Waals surface area contributed by atoms with Crippen LogP contribution in [0.25, 0.3) is 0 Å². The fourth-order valence-electron chi connectivity index (χ4n) is 3.25. The fourth-order valence-corrected chi connectivity index (χ4v) is 3.98. The number of carbonyl (C=O) groups is 1. The maximum atomic E-state index is 11.8. The molecule has 7 heteroatoms. The Morgan fingerprint density at radius 1 is 1.19 bits per heavy atom. The molecule has 3 N–H and O–H groups in total. The van der Waals surface area contributed by atoms with Gasteiger partial charge in [-0.3, -0.25) is 0 Å². The van der Waals surface area contributed by atoms with Gasteiger partial charge in [0, 0.05) is 19.0 Å². The van der Waals surface area contributed by atoms with Crippen LogP contribution >= 0.6 is 8.00 Å². The molecule has 1 aliphatic heterocycles. The largest absolute Gasteiger partial charge is 0.603 e. The van der Waals surface area contributed by atoms with Crippen LogP contribution in [0.5, 0.6) is 0 Å². The monoisotopic (exact) mass is 387 g/mol. The molecule has 3 rings (SSSR count). The van der Waals surface area contributed by atoms with Crippen molar-refractivity contribution in [3.63, 3.8) is 0 Å². The zero-order valence-electron chi connectivity index (χ0n) is 14.7. The number of hydrogen-bond acceptors (Lipinski definition) is 5. The van der Waals surface area contributed by atoms with Crippen LogP contribution in [0.2, 0.25) is 0 Å². The van der Waals surface area contributed by atoms with E-state index in [9.17, 15) is 19.7 Å². The summed E-state index contributed by atoms with van der Waals surface area (Å²) in [6, 6.07) is 16.4. The van der Waals surface area contributed by atoms with E-state index in [2.05, 4.69) is 5.32 Å². The first-order valence-electron chi connectivity index (χ1n) is 8.76. The van der Waals surface area contributed by atoms with Gasteiger partial charge in [-0.15, -0.1) is 0 Å². The highest BCUT2D eigenvalue weighted by molar-refractivity contribution is 7.46. The molecule has 0 amide bonds. The normalized spacial score (nSPS) is 20.8. The Balaban J connectivity index is 1.63. The number of hydrogen-bond donors (Lipinski definition) is 3. The quantitative estimate of drug-likeness (QED) is 0.647. The van der Waals surface area contributed by atoms with Crippen LogP contribution < -0.4 is 10.2 Å². The first-order chi connectivity index (χ1) is 13.0. The Hall–Kier alpha value is -2.08. The third kappa shape index (κ3) is 5.22. The van der Waals surface area contributed by atoms with E-state index in [4.69, 9.17) is 4.74 Å². The summed E-state index contributed by atoms with van der Waals surface area (Å²) in [5.74, 6) is -0.948. The van der Waals surface area contributed by atoms with Crippen LogP contribution in [0.1, 0.15) is 21.5 Å². The maximum Gasteiger partial charge on any atom is 0.335 e. The number of ether oxygens (including phenoxy) is 1. The Morgan fingerprint density at radius 3 is 2.52 bits per heavy atom. The van der Waals surface area contributed by atoms with Gasteiger partial charge in [-0.1, -0.05) is 48.5 Å². The lowest BCUT2D eigenvalue weighted by Crippen LogP contribution is -2.50. The van der Waals surface area contributed by atoms with Crippen molar-refractivity contribution >= 4 is 19.3 Å². The number of carboxylic acids is 1. The summed E-state index contributed by atoms with van der Waals surface area (Å²) in [6.07, 6.45) is 0.477. The van der Waals surface area contributed by atoms with E-state index >= 15 is 0 Å². The Kier molecular flexibility index (Phi) is 6.72. The SMILES string of the molecule is O=C(O)c1ccccc1C[C@@H]1CO[C@H](C(Cc2ccccc2)=[P+]([O-])O)CN1. The summed E-state index contributed by atoms with van der Waals surface area (Å²) in [7, 11) is -2.46. The zero-order chi connectivity index (χ0) is 19.2. The van der Waals surface area contributed by atoms with Crippen molar-refractivity contribution in [2.75, 3.05) is 13.2 Å². The van der Waals surface area contributed by atoms with Crippen LogP contribution in [0.15, 0.2) is 54.6 Å². The van der Waals surface area contributed by atoms with Gasteiger partial charge in [0.05, 0.1) is 12.2 Å². The van der Waals surface area contributed by atoms with Crippen LogP contribution in [0.3, 0.4) is 0 Å². The van der Waals surface area contributed by atoms with Crippen molar-refractivity contribution in [3.8, 4) is 0 Å². The van der Waals surface area contributed by atoms with Crippen molar-refractivity contribution in [3.05, 3.63) is 71.3 Å². The summed E-state index contributed by atoms with van der Waals surface area (Å²) in [5, 5.41) is 13.1. The van der Waals surface area contributed by atoms with Gasteiger partial charge in [-0.2, -0.15) is 4.89 Å². The third-order valence-electron chi connectivity index (χ3n) is 4.65. The van der Waals surface area contributed by atoms with Crippen molar-refractivity contribution in [1.82, 2.24) is 5.32 Å². The van der Waals surface area contributed by atoms with Gasteiger partial charge in [0.25, 0.3) is 0 Å². The molecule has 0 aromatic heterocycles. The summed E-state index contributed by atoms with van der Waals surface area (Å²) >= 11 is 0. The van der Waals surface area contributed by atoms with Crippen molar-refractivity contribution in [1.29, 1.82) is 0 Å². The van der Waals surface area contributed by atoms with E-state index in [-0.39, 0.29) is 11.6 Å². The van der Waals surface area contributed by atoms with E-state index in [1.807, 2.05) is 36.4 Å². The Morgan fingerprint density at radius 2 is 1.89 bits per heavy atom. The molecular formula is C20H22NO5P. The van der Waals surface area contributed by atoms with Crippen molar-refractivity contribution in [2.45, 2.75) is 25.0 Å². The minimum Gasteiger partial charge on any atom is -0.603 e. The summed E-state index contributed by atoms with van der Waals surface area (Å²) in [5.41, 5.74) is 1.99. The second kappa shape index (κ2) is 9.22. The lowest BCUT2D eigenvalue weighted by molar-refractivity contribution is -0.168. The molecule has 0 aliphatic carbocycles. The highest BCUT2D eigenvalue weighted by Gasteiger charge is 2.30. The molecule has 27 heavy (non-hydrogen) atoms. The average molecular weight is 387 g/mol. The van der Waals surface area contributed by atoms with Gasteiger partial charge in [0.1, 0.15) is 6.10 Å². The van der Waals surface area contributed by atoms with Crippen molar-refractivity contribution < 1.29 is 24.4 Å². The molecule has 1 aliphatic rings. The highest BCUT2D eigenvalue weighted by atomic mass is 31.1. The molecule has 1 saturated heterocycles. The fraction of sp³-hybridized carbons (Fsp3) is 0.300. The molecule has 1 fully saturated rings. The predicted octanol–water partition coefficient (Wildman–Crippen LogP) is 1.36. The predicted molar refractivity (Wildman–Crippen MR) is 103 cm³/mol. The number of morpholine rings is 1. The number of aromatic carboxylic acids is 1. The van der Waals surface area contributed by atoms with Gasteiger partial charge in [0.2, 0.25) is 8.00 Å². The molecule has 0 radical (unpaired) electrons. The van der Waals surface area contributed by atoms with Crippen LogP contribution in [0, 0.1) is 0 Å². The first kappa shape index (κ1) is 19.7. The summed E-state index contributed by atoms with van der Waals surface area (Å²) in [6.45, 7) is 0.768. The number of benzene rings is 2. The number of carboxylic acid groups (broad SMARTS) is 1. The molecule has 3 atom stereocenters. The first-order valence-corrected chi connectivity index (χ1v) is 9.97. The van der Waals surface area contributed by atoms with Gasteiger partial charge < -0.3 is 20.1 Å². The average Bonchev–Trinajstić information content (AvgIpc) is 2.68. The van der Waals surface area contributed by atoms with E-state index in [1.54, 1.807) is 18.2 Å². The molecule has 1 heterocycles. The minimum atomic E-state index is -2.46. The van der Waals surface area contributed by atoms with Gasteiger partial charge >= 0.3 is 5.97 Å². The molecule has 0 spiro atoms. The molecular weight excluding hydrogens is 365 g/mol. The molecule has 0 bridgehead atoms. The topological polar surface area (TPSA) is 102 Å². The number of rotatable bonds is 6. The molecule has 2 aromatic carbocycles. The molecule has 6 nitrogen and oxygen atoms in total.